The van der Waals surface area contributed by atoms with Crippen molar-refractivity contribution in [3.05, 3.63) is 90.0 Å². The average molecular weight is 412 g/mol. The molecular weight excluding hydrogens is 397 g/mol. The Morgan fingerprint density at radius 2 is 1.80 bits per heavy atom. The van der Waals surface area contributed by atoms with Gasteiger partial charge in [-0.2, -0.15) is 13.2 Å². The lowest BCUT2D eigenvalue weighted by molar-refractivity contribution is -0.137. The Morgan fingerprint density at radius 1 is 1.00 bits per heavy atom. The average Bonchev–Trinajstić information content (AvgIpc) is 3.36. The highest BCUT2D eigenvalue weighted by molar-refractivity contribution is 6.15. The molecule has 152 valence electrons. The molecule has 0 aliphatic heterocycles. The first-order valence-corrected chi connectivity index (χ1v) is 8.96. The van der Waals surface area contributed by atoms with Gasteiger partial charge < -0.3 is 14.3 Å². The molecule has 0 saturated carbocycles. The van der Waals surface area contributed by atoms with E-state index in [9.17, 15) is 22.8 Å². The predicted molar refractivity (Wildman–Crippen MR) is 104 cm³/mol. The number of halogens is 3. The third-order valence-electron chi connectivity index (χ3n) is 4.57. The summed E-state index contributed by atoms with van der Waals surface area (Å²) in [6, 6.07) is 14.6. The monoisotopic (exact) mass is 412 g/mol. The van der Waals surface area contributed by atoms with Gasteiger partial charge in [0.25, 0.3) is 0 Å². The lowest BCUT2D eigenvalue weighted by atomic mass is 10.1. The highest BCUT2D eigenvalue weighted by Crippen LogP contribution is 2.30. The minimum absolute atomic E-state index is 0.0400. The fourth-order valence-electron chi connectivity index (χ4n) is 3.23. The minimum Gasteiger partial charge on any atom is -0.461 e. The van der Waals surface area contributed by atoms with Crippen molar-refractivity contribution < 1.29 is 27.2 Å². The second-order valence-electron chi connectivity index (χ2n) is 6.62. The molecule has 5 nitrogen and oxygen atoms in total. The molecule has 0 unspecified atom stereocenters. The van der Waals surface area contributed by atoms with Gasteiger partial charge in [0, 0.05) is 22.8 Å². The number of amides is 1. The molecule has 0 radical (unpaired) electrons. The second-order valence-corrected chi connectivity index (χ2v) is 6.62. The van der Waals surface area contributed by atoms with Gasteiger partial charge in [-0.3, -0.25) is 9.59 Å². The number of aromatic nitrogens is 1. The summed E-state index contributed by atoms with van der Waals surface area (Å²) in [5.74, 6) is -0.674. The first-order chi connectivity index (χ1) is 14.3. The Hall–Kier alpha value is -3.81. The number of hydrogen-bond acceptors (Lipinski definition) is 3. The number of rotatable bonds is 5. The van der Waals surface area contributed by atoms with Gasteiger partial charge in [0.15, 0.2) is 5.76 Å². The molecular formula is C22H15F3N2O3. The minimum atomic E-state index is -4.50. The third-order valence-corrected chi connectivity index (χ3v) is 4.57. The zero-order valence-corrected chi connectivity index (χ0v) is 15.4. The molecule has 0 fully saturated rings. The largest absolute Gasteiger partial charge is 0.461 e. The van der Waals surface area contributed by atoms with Crippen molar-refractivity contribution in [2.75, 3.05) is 5.32 Å². The molecule has 4 aromatic rings. The van der Waals surface area contributed by atoms with Gasteiger partial charge in [-0.25, -0.2) is 0 Å². The van der Waals surface area contributed by atoms with Crippen molar-refractivity contribution in [1.29, 1.82) is 0 Å². The Labute approximate surface area is 168 Å². The molecule has 4 rings (SSSR count). The van der Waals surface area contributed by atoms with Crippen LogP contribution in [0.3, 0.4) is 0 Å². The standard InChI is InChI=1S/C22H15F3N2O3/c23-22(24,25)14-5-3-6-15(11-14)26-20(28)13-27-12-17(16-7-1-2-8-18(16)27)21(29)19-9-4-10-30-19/h1-12H,13H2,(H,26,28). The van der Waals surface area contributed by atoms with E-state index in [1.807, 2.05) is 0 Å². The molecule has 0 aliphatic rings. The number of nitrogens with one attached hydrogen (secondary N) is 1. The summed E-state index contributed by atoms with van der Waals surface area (Å²) in [5.41, 5.74) is 0.204. The third kappa shape index (κ3) is 3.84. The van der Waals surface area contributed by atoms with E-state index >= 15 is 0 Å². The van der Waals surface area contributed by atoms with E-state index in [2.05, 4.69) is 5.32 Å². The van der Waals surface area contributed by atoms with Crippen molar-refractivity contribution >= 4 is 28.3 Å². The molecule has 1 N–H and O–H groups in total. The molecule has 30 heavy (non-hydrogen) atoms. The number of anilines is 1. The summed E-state index contributed by atoms with van der Waals surface area (Å²) >= 11 is 0. The molecule has 2 aromatic heterocycles. The lowest BCUT2D eigenvalue weighted by Gasteiger charge is -2.10. The predicted octanol–water partition coefficient (Wildman–Crippen LogP) is 5.12. The van der Waals surface area contributed by atoms with Gasteiger partial charge in [0.05, 0.1) is 17.4 Å². The molecule has 2 heterocycles. The molecule has 0 atom stereocenters. The number of alkyl halides is 3. The van der Waals surface area contributed by atoms with Crippen LogP contribution in [0.15, 0.2) is 77.5 Å². The maximum atomic E-state index is 12.9. The Bertz CT molecular complexity index is 1220. The number of nitrogens with zero attached hydrogens (tertiary/aromatic N) is 1. The van der Waals surface area contributed by atoms with Gasteiger partial charge in [-0.1, -0.05) is 24.3 Å². The Morgan fingerprint density at radius 3 is 2.53 bits per heavy atom. The first-order valence-electron chi connectivity index (χ1n) is 8.96. The second kappa shape index (κ2) is 7.55. The van der Waals surface area contributed by atoms with Gasteiger partial charge >= 0.3 is 6.18 Å². The van der Waals surface area contributed by atoms with Crippen LogP contribution in [0, 0.1) is 0 Å². The molecule has 8 heteroatoms. The molecule has 0 spiro atoms. The summed E-state index contributed by atoms with van der Waals surface area (Å²) < 4.78 is 45.4. The van der Waals surface area contributed by atoms with Crippen LogP contribution in [0.4, 0.5) is 18.9 Å². The van der Waals surface area contributed by atoms with Crippen LogP contribution in [-0.2, 0) is 17.5 Å². The first kappa shape index (κ1) is 19.5. The quantitative estimate of drug-likeness (QED) is 0.463. The maximum absolute atomic E-state index is 12.9. The Kier molecular flexibility index (Phi) is 4.91. The fourth-order valence-corrected chi connectivity index (χ4v) is 3.23. The van der Waals surface area contributed by atoms with Crippen LogP contribution in [0.1, 0.15) is 21.7 Å². The van der Waals surface area contributed by atoms with E-state index in [-0.39, 0.29) is 23.8 Å². The van der Waals surface area contributed by atoms with Crippen LogP contribution in [0.5, 0.6) is 0 Å². The van der Waals surface area contributed by atoms with E-state index in [0.29, 0.717) is 16.5 Å². The number of para-hydroxylation sites is 1. The van der Waals surface area contributed by atoms with Crippen LogP contribution in [0.2, 0.25) is 0 Å². The van der Waals surface area contributed by atoms with Crippen LogP contribution in [0.25, 0.3) is 10.9 Å². The fraction of sp³-hybridized carbons (Fsp3) is 0.0909. The van der Waals surface area contributed by atoms with Crippen LogP contribution < -0.4 is 5.32 Å². The van der Waals surface area contributed by atoms with E-state index in [0.717, 1.165) is 12.1 Å². The summed E-state index contributed by atoms with van der Waals surface area (Å²) in [5, 5.41) is 3.11. The molecule has 1 amide bonds. The van der Waals surface area contributed by atoms with Crippen molar-refractivity contribution in [2.24, 2.45) is 0 Å². The number of fused-ring (bicyclic) bond motifs is 1. The Balaban J connectivity index is 1.60. The van der Waals surface area contributed by atoms with Gasteiger partial charge in [0.2, 0.25) is 11.7 Å². The maximum Gasteiger partial charge on any atom is 0.416 e. The zero-order valence-electron chi connectivity index (χ0n) is 15.4. The SMILES string of the molecule is O=C(Cn1cc(C(=O)c2ccco2)c2ccccc21)Nc1cccc(C(F)(F)F)c1. The number of furan rings is 1. The van der Waals surface area contributed by atoms with Crippen molar-refractivity contribution in [3.8, 4) is 0 Å². The number of ketones is 1. The van der Waals surface area contributed by atoms with Crippen molar-refractivity contribution in [2.45, 2.75) is 12.7 Å². The van der Waals surface area contributed by atoms with E-state index in [1.165, 1.54) is 18.4 Å². The highest BCUT2D eigenvalue weighted by atomic mass is 19.4. The lowest BCUT2D eigenvalue weighted by Crippen LogP contribution is -2.18. The number of carbonyl (C=O) groups is 2. The molecule has 0 bridgehead atoms. The van der Waals surface area contributed by atoms with Crippen LogP contribution >= 0.6 is 0 Å². The van der Waals surface area contributed by atoms with Crippen LogP contribution in [-0.4, -0.2) is 16.3 Å². The van der Waals surface area contributed by atoms with E-state index in [4.69, 9.17) is 4.42 Å². The topological polar surface area (TPSA) is 64.2 Å². The smallest absolute Gasteiger partial charge is 0.416 e. The van der Waals surface area contributed by atoms with E-state index < -0.39 is 17.6 Å². The number of benzene rings is 2. The summed E-state index contributed by atoms with van der Waals surface area (Å²) in [4.78, 5) is 25.2. The molecule has 2 aromatic carbocycles. The van der Waals surface area contributed by atoms with Crippen molar-refractivity contribution in [1.82, 2.24) is 4.57 Å². The highest BCUT2D eigenvalue weighted by Gasteiger charge is 2.30. The van der Waals surface area contributed by atoms with Gasteiger partial charge in [0.1, 0.15) is 6.54 Å². The van der Waals surface area contributed by atoms with E-state index in [1.54, 1.807) is 47.2 Å². The van der Waals surface area contributed by atoms with Gasteiger partial charge in [-0.15, -0.1) is 0 Å². The number of hydrogen-bond donors (Lipinski definition) is 1. The summed E-state index contributed by atoms with van der Waals surface area (Å²) in [7, 11) is 0. The normalized spacial score (nSPS) is 11.6. The van der Waals surface area contributed by atoms with Gasteiger partial charge in [-0.05, 0) is 36.4 Å². The number of carbonyl (C=O) groups excluding carboxylic acids is 2. The molecule has 0 saturated heterocycles. The molecule has 0 aliphatic carbocycles. The van der Waals surface area contributed by atoms with Crippen molar-refractivity contribution in [3.63, 3.8) is 0 Å². The summed E-state index contributed by atoms with van der Waals surface area (Å²) in [6.07, 6.45) is -1.56. The zero-order chi connectivity index (χ0) is 21.3. The summed E-state index contributed by atoms with van der Waals surface area (Å²) in [6.45, 7) is -0.178.